The zero-order valence-corrected chi connectivity index (χ0v) is 16.6. The van der Waals surface area contributed by atoms with Crippen molar-refractivity contribution in [2.24, 2.45) is 5.92 Å². The Labute approximate surface area is 155 Å². The van der Waals surface area contributed by atoms with E-state index in [0.29, 0.717) is 12.2 Å². The predicted octanol–water partition coefficient (Wildman–Crippen LogP) is 6.61. The van der Waals surface area contributed by atoms with E-state index in [0.717, 1.165) is 11.8 Å². The summed E-state index contributed by atoms with van der Waals surface area (Å²) in [6, 6.07) is 9.15. The fraction of sp³-hybridized carbons (Fsp3) is 0.696. The van der Waals surface area contributed by atoms with E-state index in [-0.39, 0.29) is 0 Å². The first kappa shape index (κ1) is 22.0. The molecule has 0 spiro atoms. The van der Waals surface area contributed by atoms with Crippen molar-refractivity contribution in [2.75, 3.05) is 0 Å². The Morgan fingerprint density at radius 3 is 1.72 bits per heavy atom. The Morgan fingerprint density at radius 2 is 1.24 bits per heavy atom. The van der Waals surface area contributed by atoms with Crippen LogP contribution in [-0.4, -0.2) is 12.2 Å². The summed E-state index contributed by atoms with van der Waals surface area (Å²) in [7, 11) is 0. The average molecular weight is 345 g/mol. The van der Waals surface area contributed by atoms with Crippen LogP contribution in [0.4, 0.5) is 0 Å². The zero-order chi connectivity index (χ0) is 18.7. The molecule has 0 amide bonds. The van der Waals surface area contributed by atoms with Crippen molar-refractivity contribution < 1.29 is 9.39 Å². The van der Waals surface area contributed by atoms with Gasteiger partial charge in [0, 0.05) is 0 Å². The molecule has 2 saturated carbocycles. The molecule has 0 unspecified atom stereocenters. The average Bonchev–Trinajstić information content (AvgIpc) is 2.68. The molecule has 140 valence electrons. The van der Waals surface area contributed by atoms with E-state index in [1.54, 1.807) is 0 Å². The van der Waals surface area contributed by atoms with Crippen LogP contribution in [-0.2, 0) is 9.39 Å². The Bertz CT molecular complexity index is 461. The van der Waals surface area contributed by atoms with Gasteiger partial charge in [-0.05, 0) is 75.7 Å². The number of ether oxygens (including phenoxy) is 1. The molecule has 2 aliphatic rings. The number of rotatable bonds is 3. The normalized spacial score (nSPS) is 28.7. The summed E-state index contributed by atoms with van der Waals surface area (Å²) < 4.78 is 13.9. The quantitative estimate of drug-likeness (QED) is 0.448. The summed E-state index contributed by atoms with van der Waals surface area (Å²) in [6.07, 6.45) is 11.5. The van der Waals surface area contributed by atoms with Gasteiger partial charge in [0.25, 0.3) is 0 Å². The maximum absolute atomic E-state index is 7.50. The molecule has 1 aromatic carbocycles. The summed E-state index contributed by atoms with van der Waals surface area (Å²) in [5, 5.41) is 0. The van der Waals surface area contributed by atoms with E-state index in [1.165, 1.54) is 62.5 Å². The molecule has 2 fully saturated rings. The molecular weight excluding hydrogens is 308 g/mol. The van der Waals surface area contributed by atoms with Crippen LogP contribution in [0.25, 0.3) is 0 Å². The van der Waals surface area contributed by atoms with Gasteiger partial charge in [-0.25, -0.2) is 0 Å². The van der Waals surface area contributed by atoms with Crippen molar-refractivity contribution in [2.45, 2.75) is 97.2 Å². The molecular formula is C23H36O2. The molecule has 0 heterocycles. The van der Waals surface area contributed by atoms with Gasteiger partial charge in [0.15, 0.2) is 0 Å². The monoisotopic (exact) mass is 344 g/mol. The predicted molar refractivity (Wildman–Crippen MR) is 104 cm³/mol. The van der Waals surface area contributed by atoms with Crippen molar-refractivity contribution in [3.63, 3.8) is 0 Å². The van der Waals surface area contributed by atoms with Gasteiger partial charge < -0.3 is 4.74 Å². The summed E-state index contributed by atoms with van der Waals surface area (Å²) in [5.74, 6) is 1.68. The fourth-order valence-electron chi connectivity index (χ4n) is 4.01. The maximum atomic E-state index is 7.50. The first-order valence-electron chi connectivity index (χ1n) is 10.1. The number of benzene rings is 1. The van der Waals surface area contributed by atoms with Gasteiger partial charge in [0.05, 0.1) is 12.2 Å². The number of hydrogen-bond donors (Lipinski definition) is 0. The Balaban J connectivity index is 0.000000730. The van der Waals surface area contributed by atoms with Crippen LogP contribution in [0.3, 0.4) is 0 Å². The fourth-order valence-corrected chi connectivity index (χ4v) is 4.01. The second-order valence-electron chi connectivity index (χ2n) is 7.40. The second-order valence-corrected chi connectivity index (χ2v) is 7.40. The standard InChI is InChI=1S/C20H30O.C2H6.CO/c1-15-3-7-17(8-4-15)18-9-13-20(14-10-18)21-19-11-5-16(2)6-12-19;2*1-2/h3-4,7-8,16,18-20H,5-6,9-14H2,1-2H3;1-2H3;. The summed E-state index contributed by atoms with van der Waals surface area (Å²) in [6.45, 7) is 13.0. The van der Waals surface area contributed by atoms with E-state index in [9.17, 15) is 0 Å². The van der Waals surface area contributed by atoms with E-state index in [2.05, 4.69) is 44.8 Å². The van der Waals surface area contributed by atoms with Crippen LogP contribution in [0.1, 0.15) is 89.2 Å². The third-order valence-corrected chi connectivity index (χ3v) is 5.57. The molecule has 0 atom stereocenters. The van der Waals surface area contributed by atoms with Crippen molar-refractivity contribution >= 4 is 0 Å². The molecule has 0 bridgehead atoms. The Hall–Kier alpha value is -1.08. The number of aryl methyl sites for hydroxylation is 1. The van der Waals surface area contributed by atoms with Crippen LogP contribution in [0.5, 0.6) is 0 Å². The molecule has 0 aromatic heterocycles. The van der Waals surface area contributed by atoms with Gasteiger partial charge >= 0.3 is 11.3 Å². The van der Waals surface area contributed by atoms with E-state index < -0.39 is 0 Å². The summed E-state index contributed by atoms with van der Waals surface area (Å²) in [5.41, 5.74) is 2.90. The number of hydrogen-bond acceptors (Lipinski definition) is 1. The van der Waals surface area contributed by atoms with Crippen molar-refractivity contribution in [1.29, 1.82) is 0 Å². The molecule has 2 heteroatoms. The SMILES string of the molecule is CC.Cc1ccc(C2CCC(OC3CCC(C)CC3)CC2)cc1.[C-]#[O+]. The minimum absolute atomic E-state index is 0.533. The van der Waals surface area contributed by atoms with E-state index in [4.69, 9.17) is 9.39 Å². The summed E-state index contributed by atoms with van der Waals surface area (Å²) >= 11 is 0. The first-order chi connectivity index (χ1) is 12.2. The van der Waals surface area contributed by atoms with Crippen LogP contribution in [0.15, 0.2) is 24.3 Å². The van der Waals surface area contributed by atoms with Gasteiger partial charge in [0.1, 0.15) is 0 Å². The molecule has 1 aromatic rings. The van der Waals surface area contributed by atoms with E-state index in [1.807, 2.05) is 13.8 Å². The zero-order valence-electron chi connectivity index (χ0n) is 16.6. The van der Waals surface area contributed by atoms with Crippen LogP contribution < -0.4 is 0 Å². The van der Waals surface area contributed by atoms with Gasteiger partial charge in [-0.15, -0.1) is 0 Å². The molecule has 0 radical (unpaired) electrons. The molecule has 25 heavy (non-hydrogen) atoms. The molecule has 2 nitrogen and oxygen atoms in total. The van der Waals surface area contributed by atoms with Crippen LogP contribution >= 0.6 is 0 Å². The van der Waals surface area contributed by atoms with Gasteiger partial charge in [-0.2, -0.15) is 0 Å². The summed E-state index contributed by atoms with van der Waals surface area (Å²) in [4.78, 5) is 0. The Kier molecular flexibility index (Phi) is 10.8. The third kappa shape index (κ3) is 7.36. The van der Waals surface area contributed by atoms with Gasteiger partial charge in [-0.3, -0.25) is 0 Å². The van der Waals surface area contributed by atoms with E-state index >= 15 is 0 Å². The van der Waals surface area contributed by atoms with Gasteiger partial charge in [-0.1, -0.05) is 50.6 Å². The molecule has 0 N–H and O–H groups in total. The molecule has 2 aliphatic carbocycles. The van der Waals surface area contributed by atoms with Crippen molar-refractivity contribution in [1.82, 2.24) is 0 Å². The third-order valence-electron chi connectivity index (χ3n) is 5.57. The molecule has 0 aliphatic heterocycles. The molecule has 0 saturated heterocycles. The van der Waals surface area contributed by atoms with Crippen LogP contribution in [0.2, 0.25) is 0 Å². The van der Waals surface area contributed by atoms with Crippen molar-refractivity contribution in [3.05, 3.63) is 42.0 Å². The Morgan fingerprint density at radius 1 is 0.800 bits per heavy atom. The first-order valence-corrected chi connectivity index (χ1v) is 10.1. The second kappa shape index (κ2) is 12.3. The van der Waals surface area contributed by atoms with Gasteiger partial charge in [0.2, 0.25) is 0 Å². The van der Waals surface area contributed by atoms with Crippen molar-refractivity contribution in [3.8, 4) is 0 Å². The topological polar surface area (TPSA) is 29.1 Å². The molecule has 3 rings (SSSR count). The van der Waals surface area contributed by atoms with Crippen LogP contribution in [0, 0.1) is 19.5 Å². The minimum atomic E-state index is 0.533.